The number of para-hydroxylation sites is 1. The summed E-state index contributed by atoms with van der Waals surface area (Å²) in [4.78, 5) is 16.8. The Hall–Kier alpha value is -2.99. The molecule has 0 aliphatic heterocycles. The second-order valence-corrected chi connectivity index (χ2v) is 5.98. The van der Waals surface area contributed by atoms with Crippen molar-refractivity contribution in [1.29, 1.82) is 0 Å². The van der Waals surface area contributed by atoms with E-state index in [4.69, 9.17) is 30.5 Å². The second kappa shape index (κ2) is 8.14. The third-order valence-corrected chi connectivity index (χ3v) is 4.34. The molecule has 0 aliphatic rings. The summed E-state index contributed by atoms with van der Waals surface area (Å²) in [5.41, 5.74) is 1.67. The smallest absolute Gasteiger partial charge is 0.338 e. The molecule has 2 aromatic carbocycles. The van der Waals surface area contributed by atoms with E-state index < -0.39 is 5.97 Å². The van der Waals surface area contributed by atoms with Gasteiger partial charge in [0.05, 0.1) is 32.4 Å². The standard InChI is InChI=1S/C20H18ClNO5/c1-24-16-9-13(10-17(25-2)18(16)26-3)20(23)27-11-14-8-12-6-4-5-7-15(12)22-19(14)21/h4-10H,11H2,1-3H3. The number of hydrogen-bond acceptors (Lipinski definition) is 6. The van der Waals surface area contributed by atoms with Gasteiger partial charge in [-0.05, 0) is 24.3 Å². The first-order valence-electron chi connectivity index (χ1n) is 8.08. The van der Waals surface area contributed by atoms with Crippen LogP contribution in [-0.4, -0.2) is 32.3 Å². The van der Waals surface area contributed by atoms with E-state index in [1.165, 1.54) is 33.5 Å². The van der Waals surface area contributed by atoms with Crippen LogP contribution in [0.15, 0.2) is 42.5 Å². The molecule has 0 saturated carbocycles. The molecule has 0 N–H and O–H groups in total. The zero-order chi connectivity index (χ0) is 19.4. The molecule has 1 heterocycles. The molecule has 0 saturated heterocycles. The van der Waals surface area contributed by atoms with Gasteiger partial charge in [0, 0.05) is 10.9 Å². The average Bonchev–Trinajstić information content (AvgIpc) is 2.70. The lowest BCUT2D eigenvalue weighted by atomic mass is 10.1. The van der Waals surface area contributed by atoms with Gasteiger partial charge in [-0.3, -0.25) is 0 Å². The highest BCUT2D eigenvalue weighted by Crippen LogP contribution is 2.38. The van der Waals surface area contributed by atoms with Crippen molar-refractivity contribution in [2.45, 2.75) is 6.61 Å². The number of fused-ring (bicyclic) bond motifs is 1. The van der Waals surface area contributed by atoms with E-state index in [1.807, 2.05) is 30.3 Å². The number of carbonyl (C=O) groups excluding carboxylic acids is 1. The van der Waals surface area contributed by atoms with Gasteiger partial charge in [-0.1, -0.05) is 29.8 Å². The highest BCUT2D eigenvalue weighted by Gasteiger charge is 2.18. The van der Waals surface area contributed by atoms with Crippen LogP contribution in [0.3, 0.4) is 0 Å². The quantitative estimate of drug-likeness (QED) is 0.464. The van der Waals surface area contributed by atoms with E-state index in [2.05, 4.69) is 4.98 Å². The predicted molar refractivity (Wildman–Crippen MR) is 102 cm³/mol. The van der Waals surface area contributed by atoms with Crippen molar-refractivity contribution < 1.29 is 23.7 Å². The van der Waals surface area contributed by atoms with Crippen LogP contribution in [0.2, 0.25) is 5.15 Å². The Bertz CT molecular complexity index is 964. The zero-order valence-electron chi connectivity index (χ0n) is 15.1. The van der Waals surface area contributed by atoms with Crippen LogP contribution >= 0.6 is 11.6 Å². The number of rotatable bonds is 6. The Morgan fingerprint density at radius 3 is 2.30 bits per heavy atom. The fraction of sp³-hybridized carbons (Fsp3) is 0.200. The van der Waals surface area contributed by atoms with Gasteiger partial charge in [0.2, 0.25) is 5.75 Å². The molecular weight excluding hydrogens is 370 g/mol. The number of pyridine rings is 1. The summed E-state index contributed by atoms with van der Waals surface area (Å²) in [5, 5.41) is 1.21. The van der Waals surface area contributed by atoms with Crippen LogP contribution in [-0.2, 0) is 11.3 Å². The number of hydrogen-bond donors (Lipinski definition) is 0. The Morgan fingerprint density at radius 1 is 1.00 bits per heavy atom. The molecule has 1 aromatic heterocycles. The van der Waals surface area contributed by atoms with Crippen molar-refractivity contribution in [3.05, 3.63) is 58.7 Å². The first kappa shape index (κ1) is 18.8. The largest absolute Gasteiger partial charge is 0.493 e. The molecule has 0 radical (unpaired) electrons. The van der Waals surface area contributed by atoms with Gasteiger partial charge in [0.15, 0.2) is 11.5 Å². The minimum Gasteiger partial charge on any atom is -0.493 e. The van der Waals surface area contributed by atoms with Crippen LogP contribution in [0.1, 0.15) is 15.9 Å². The molecule has 140 valence electrons. The third kappa shape index (κ3) is 3.90. The normalized spacial score (nSPS) is 10.5. The molecule has 3 rings (SSSR count). The molecule has 27 heavy (non-hydrogen) atoms. The summed E-state index contributed by atoms with van der Waals surface area (Å²) in [6.07, 6.45) is 0. The molecule has 3 aromatic rings. The number of carbonyl (C=O) groups is 1. The molecule has 0 unspecified atom stereocenters. The number of aromatic nitrogens is 1. The van der Waals surface area contributed by atoms with Crippen LogP contribution in [0.4, 0.5) is 0 Å². The second-order valence-electron chi connectivity index (χ2n) is 5.62. The van der Waals surface area contributed by atoms with Crippen molar-refractivity contribution >= 4 is 28.5 Å². The summed E-state index contributed by atoms with van der Waals surface area (Å²) in [7, 11) is 4.45. The minimum atomic E-state index is -0.543. The maximum atomic E-state index is 12.5. The van der Waals surface area contributed by atoms with Crippen molar-refractivity contribution in [3.8, 4) is 17.2 Å². The number of methoxy groups -OCH3 is 3. The van der Waals surface area contributed by atoms with Crippen LogP contribution in [0, 0.1) is 0 Å². The molecule has 0 aliphatic carbocycles. The van der Waals surface area contributed by atoms with E-state index in [1.54, 1.807) is 0 Å². The molecule has 0 amide bonds. The van der Waals surface area contributed by atoms with Crippen LogP contribution in [0.5, 0.6) is 17.2 Å². The number of benzene rings is 2. The van der Waals surface area contributed by atoms with Crippen molar-refractivity contribution in [1.82, 2.24) is 4.98 Å². The third-order valence-electron chi connectivity index (χ3n) is 4.01. The number of ether oxygens (including phenoxy) is 4. The monoisotopic (exact) mass is 387 g/mol. The average molecular weight is 388 g/mol. The minimum absolute atomic E-state index is 0.00778. The van der Waals surface area contributed by atoms with Gasteiger partial charge in [-0.25, -0.2) is 9.78 Å². The van der Waals surface area contributed by atoms with E-state index in [0.717, 1.165) is 10.9 Å². The van der Waals surface area contributed by atoms with Gasteiger partial charge in [-0.2, -0.15) is 0 Å². The fourth-order valence-corrected chi connectivity index (χ4v) is 2.86. The lowest BCUT2D eigenvalue weighted by Crippen LogP contribution is -2.07. The Labute approximate surface area is 161 Å². The van der Waals surface area contributed by atoms with Gasteiger partial charge in [0.25, 0.3) is 0 Å². The maximum Gasteiger partial charge on any atom is 0.338 e. The highest BCUT2D eigenvalue weighted by molar-refractivity contribution is 6.30. The Morgan fingerprint density at radius 2 is 1.67 bits per heavy atom. The first-order chi connectivity index (χ1) is 13.1. The van der Waals surface area contributed by atoms with Gasteiger partial charge < -0.3 is 18.9 Å². The fourth-order valence-electron chi connectivity index (χ4n) is 2.66. The number of esters is 1. The number of nitrogens with zero attached hydrogens (tertiary/aromatic N) is 1. The summed E-state index contributed by atoms with van der Waals surface area (Å²) in [6, 6.07) is 12.5. The zero-order valence-corrected chi connectivity index (χ0v) is 15.9. The Balaban J connectivity index is 1.83. The van der Waals surface area contributed by atoms with E-state index in [-0.39, 0.29) is 12.2 Å². The molecule has 7 heteroatoms. The van der Waals surface area contributed by atoms with Crippen molar-refractivity contribution in [2.75, 3.05) is 21.3 Å². The van der Waals surface area contributed by atoms with Gasteiger partial charge in [-0.15, -0.1) is 0 Å². The first-order valence-corrected chi connectivity index (χ1v) is 8.46. The van der Waals surface area contributed by atoms with Crippen molar-refractivity contribution in [3.63, 3.8) is 0 Å². The van der Waals surface area contributed by atoms with Crippen LogP contribution in [0.25, 0.3) is 10.9 Å². The SMILES string of the molecule is COc1cc(C(=O)OCc2cc3ccccc3nc2Cl)cc(OC)c1OC. The topological polar surface area (TPSA) is 66.9 Å². The molecule has 6 nitrogen and oxygen atoms in total. The van der Waals surface area contributed by atoms with E-state index in [9.17, 15) is 4.79 Å². The van der Waals surface area contributed by atoms with E-state index >= 15 is 0 Å². The van der Waals surface area contributed by atoms with Crippen LogP contribution < -0.4 is 14.2 Å². The molecule has 0 atom stereocenters. The van der Waals surface area contributed by atoms with Gasteiger partial charge >= 0.3 is 5.97 Å². The lowest BCUT2D eigenvalue weighted by molar-refractivity contribution is 0.0472. The lowest BCUT2D eigenvalue weighted by Gasteiger charge is -2.14. The summed E-state index contributed by atoms with van der Waals surface area (Å²) in [6.45, 7) is -0.00778. The Kier molecular flexibility index (Phi) is 5.66. The summed E-state index contributed by atoms with van der Waals surface area (Å²) >= 11 is 6.21. The summed E-state index contributed by atoms with van der Waals surface area (Å²) < 4.78 is 21.2. The predicted octanol–water partition coefficient (Wildman–Crippen LogP) is 4.27. The maximum absolute atomic E-state index is 12.5. The summed E-state index contributed by atoms with van der Waals surface area (Å²) in [5.74, 6) is 0.597. The number of halogens is 1. The molecule has 0 fully saturated rings. The molecular formula is C20H18ClNO5. The highest BCUT2D eigenvalue weighted by atomic mass is 35.5. The molecule has 0 spiro atoms. The molecule has 0 bridgehead atoms. The van der Waals surface area contributed by atoms with Gasteiger partial charge in [0.1, 0.15) is 11.8 Å². The van der Waals surface area contributed by atoms with E-state index in [0.29, 0.717) is 28.0 Å². The van der Waals surface area contributed by atoms with Crippen molar-refractivity contribution in [2.24, 2.45) is 0 Å².